The van der Waals surface area contributed by atoms with E-state index in [1.807, 2.05) is 43.3 Å². The van der Waals surface area contributed by atoms with Crippen LogP contribution in [0.3, 0.4) is 0 Å². The smallest absolute Gasteiger partial charge is 0.256 e. The molecule has 2 aliphatic rings. The molecule has 1 amide bonds. The summed E-state index contributed by atoms with van der Waals surface area (Å²) < 4.78 is 6.55. The molecule has 0 N–H and O–H groups in total. The summed E-state index contributed by atoms with van der Waals surface area (Å²) >= 11 is 0. The van der Waals surface area contributed by atoms with E-state index < -0.39 is 0 Å². The summed E-state index contributed by atoms with van der Waals surface area (Å²) in [7, 11) is 4.07. The van der Waals surface area contributed by atoms with Crippen molar-refractivity contribution in [1.29, 1.82) is 0 Å². The minimum atomic E-state index is -0.260. The number of piperidine rings is 1. The molecule has 5 heteroatoms. The van der Waals surface area contributed by atoms with Crippen LogP contribution in [0.2, 0.25) is 0 Å². The zero-order valence-electron chi connectivity index (χ0n) is 17.5. The van der Waals surface area contributed by atoms with Crippen LogP contribution >= 0.6 is 0 Å². The maximum atomic E-state index is 12.9. The largest absolute Gasteiger partial charge is 0.351 e. The van der Waals surface area contributed by atoms with Crippen molar-refractivity contribution in [3.63, 3.8) is 0 Å². The first kappa shape index (κ1) is 20.1. The number of ether oxygens (including phenoxy) is 1. The molecule has 1 atom stereocenters. The molecule has 2 aliphatic heterocycles. The van der Waals surface area contributed by atoms with Crippen LogP contribution in [0.25, 0.3) is 0 Å². The lowest BCUT2D eigenvalue weighted by atomic mass is 10.1. The fraction of sp³-hybridized carbons (Fsp3) is 0.458. The maximum absolute atomic E-state index is 12.9. The molecule has 0 saturated carbocycles. The Balaban J connectivity index is 1.39. The Morgan fingerprint density at radius 2 is 1.69 bits per heavy atom. The Hall–Kier alpha value is -2.21. The standard InChI is InChI=1S/C24H31N3O2/c1-25(2)16-17-27-23(28)21-10-6-7-11-22(21)24(27)29-20-12-14-26(15-13-20)18-19-8-4-3-5-9-19/h3-11,20,24H,12-18H2,1-2H3/t24-/m0/s1. The molecule has 154 valence electrons. The van der Waals surface area contributed by atoms with Crippen molar-refractivity contribution in [3.05, 3.63) is 71.3 Å². The molecule has 0 radical (unpaired) electrons. The molecule has 0 aliphatic carbocycles. The van der Waals surface area contributed by atoms with Crippen molar-refractivity contribution >= 4 is 5.91 Å². The lowest BCUT2D eigenvalue weighted by molar-refractivity contribution is -0.100. The summed E-state index contributed by atoms with van der Waals surface area (Å²) in [5.41, 5.74) is 3.16. The van der Waals surface area contributed by atoms with Gasteiger partial charge >= 0.3 is 0 Å². The third kappa shape index (κ3) is 4.69. The second-order valence-corrected chi connectivity index (χ2v) is 8.34. The van der Waals surface area contributed by atoms with Gasteiger partial charge < -0.3 is 14.5 Å². The topological polar surface area (TPSA) is 36.0 Å². The summed E-state index contributed by atoms with van der Waals surface area (Å²) in [5.74, 6) is 0.0916. The normalized spacial score (nSPS) is 20.4. The summed E-state index contributed by atoms with van der Waals surface area (Å²) in [5, 5.41) is 0. The zero-order chi connectivity index (χ0) is 20.2. The minimum absolute atomic E-state index is 0.0916. The lowest BCUT2D eigenvalue weighted by Gasteiger charge is -2.35. The van der Waals surface area contributed by atoms with E-state index in [1.165, 1.54) is 5.56 Å². The molecule has 0 unspecified atom stereocenters. The molecule has 1 saturated heterocycles. The van der Waals surface area contributed by atoms with Crippen LogP contribution in [0.5, 0.6) is 0 Å². The van der Waals surface area contributed by atoms with Crippen LogP contribution in [-0.2, 0) is 11.3 Å². The number of rotatable bonds is 7. The highest BCUT2D eigenvalue weighted by atomic mass is 16.5. The Kier molecular flexibility index (Phi) is 6.28. The van der Waals surface area contributed by atoms with Crippen LogP contribution in [0.4, 0.5) is 0 Å². The minimum Gasteiger partial charge on any atom is -0.351 e. The van der Waals surface area contributed by atoms with E-state index in [1.54, 1.807) is 0 Å². The van der Waals surface area contributed by atoms with Crippen LogP contribution in [0.15, 0.2) is 54.6 Å². The molecule has 0 aromatic heterocycles. The molecule has 29 heavy (non-hydrogen) atoms. The number of nitrogens with zero attached hydrogens (tertiary/aromatic N) is 3. The molecule has 2 heterocycles. The first-order valence-corrected chi connectivity index (χ1v) is 10.6. The van der Waals surface area contributed by atoms with Crippen LogP contribution in [0.1, 0.15) is 40.6 Å². The lowest BCUT2D eigenvalue weighted by Crippen LogP contribution is -2.40. The van der Waals surface area contributed by atoms with E-state index >= 15 is 0 Å². The Bertz CT molecular complexity index is 816. The highest BCUT2D eigenvalue weighted by molar-refractivity contribution is 5.98. The first-order valence-electron chi connectivity index (χ1n) is 10.6. The number of carbonyl (C=O) groups excluding carboxylic acids is 1. The van der Waals surface area contributed by atoms with Gasteiger partial charge in [-0.15, -0.1) is 0 Å². The molecule has 0 spiro atoms. The van der Waals surface area contributed by atoms with Crippen molar-refractivity contribution in [2.75, 3.05) is 40.3 Å². The van der Waals surface area contributed by atoms with Gasteiger partial charge in [-0.05, 0) is 38.6 Å². The summed E-state index contributed by atoms with van der Waals surface area (Å²) in [6.45, 7) is 4.56. The second-order valence-electron chi connectivity index (χ2n) is 8.34. The maximum Gasteiger partial charge on any atom is 0.256 e. The van der Waals surface area contributed by atoms with Crippen molar-refractivity contribution in [1.82, 2.24) is 14.7 Å². The van der Waals surface area contributed by atoms with Gasteiger partial charge in [-0.25, -0.2) is 0 Å². The van der Waals surface area contributed by atoms with E-state index in [0.29, 0.717) is 6.54 Å². The highest BCUT2D eigenvalue weighted by Crippen LogP contribution is 2.36. The predicted molar refractivity (Wildman–Crippen MR) is 115 cm³/mol. The summed E-state index contributed by atoms with van der Waals surface area (Å²) in [6.07, 6.45) is 1.93. The molecule has 5 nitrogen and oxygen atoms in total. The highest BCUT2D eigenvalue weighted by Gasteiger charge is 2.38. The van der Waals surface area contributed by atoms with Crippen molar-refractivity contribution in [2.24, 2.45) is 0 Å². The van der Waals surface area contributed by atoms with Gasteiger partial charge in [-0.3, -0.25) is 9.69 Å². The van der Waals surface area contributed by atoms with Gasteiger partial charge in [0, 0.05) is 43.9 Å². The number of likely N-dealkylation sites (tertiary alicyclic amines) is 1. The fourth-order valence-corrected chi connectivity index (χ4v) is 4.24. The number of amides is 1. The third-order valence-corrected chi connectivity index (χ3v) is 5.89. The van der Waals surface area contributed by atoms with Gasteiger partial charge in [0.05, 0.1) is 6.10 Å². The second kappa shape index (κ2) is 9.08. The number of benzene rings is 2. The van der Waals surface area contributed by atoms with E-state index in [2.05, 4.69) is 40.1 Å². The van der Waals surface area contributed by atoms with Gasteiger partial charge in [0.25, 0.3) is 5.91 Å². The average Bonchev–Trinajstić information content (AvgIpc) is 3.00. The molecule has 4 rings (SSSR count). The molecular weight excluding hydrogens is 362 g/mol. The SMILES string of the molecule is CN(C)CCN1C(=O)c2ccccc2[C@@H]1OC1CCN(Cc2ccccc2)CC1. The molecule has 2 aromatic carbocycles. The molecule has 1 fully saturated rings. The van der Waals surface area contributed by atoms with Crippen molar-refractivity contribution in [2.45, 2.75) is 31.7 Å². The summed E-state index contributed by atoms with van der Waals surface area (Å²) in [4.78, 5) is 19.4. The number of fused-ring (bicyclic) bond motifs is 1. The van der Waals surface area contributed by atoms with E-state index in [-0.39, 0.29) is 18.2 Å². The molecule has 0 bridgehead atoms. The number of likely N-dealkylation sites (N-methyl/N-ethyl adjacent to an activating group) is 1. The third-order valence-electron chi connectivity index (χ3n) is 5.89. The van der Waals surface area contributed by atoms with Gasteiger partial charge in [0.2, 0.25) is 0 Å². The number of hydrogen-bond acceptors (Lipinski definition) is 4. The molecular formula is C24H31N3O2. The zero-order valence-corrected chi connectivity index (χ0v) is 17.5. The average molecular weight is 394 g/mol. The van der Waals surface area contributed by atoms with E-state index in [4.69, 9.17) is 4.74 Å². The van der Waals surface area contributed by atoms with Crippen LogP contribution in [-0.4, -0.2) is 67.0 Å². The van der Waals surface area contributed by atoms with Gasteiger partial charge in [-0.1, -0.05) is 48.5 Å². The Labute approximate surface area is 173 Å². The van der Waals surface area contributed by atoms with Crippen molar-refractivity contribution < 1.29 is 9.53 Å². The quantitative estimate of drug-likeness (QED) is 0.723. The number of carbonyl (C=O) groups is 1. The van der Waals surface area contributed by atoms with Crippen LogP contribution < -0.4 is 0 Å². The van der Waals surface area contributed by atoms with Crippen molar-refractivity contribution in [3.8, 4) is 0 Å². The fourth-order valence-electron chi connectivity index (χ4n) is 4.24. The van der Waals surface area contributed by atoms with Crippen LogP contribution in [0, 0.1) is 0 Å². The summed E-state index contributed by atoms with van der Waals surface area (Å²) in [6, 6.07) is 18.5. The Morgan fingerprint density at radius 3 is 2.41 bits per heavy atom. The Morgan fingerprint density at radius 1 is 1.00 bits per heavy atom. The predicted octanol–water partition coefficient (Wildman–Crippen LogP) is 3.38. The van der Waals surface area contributed by atoms with Gasteiger partial charge in [0.1, 0.15) is 0 Å². The monoisotopic (exact) mass is 393 g/mol. The first-order chi connectivity index (χ1) is 14.1. The number of hydrogen-bond donors (Lipinski definition) is 0. The van der Waals surface area contributed by atoms with E-state index in [0.717, 1.165) is 50.1 Å². The molecule has 2 aromatic rings. The van der Waals surface area contributed by atoms with Gasteiger partial charge in [0.15, 0.2) is 6.23 Å². The van der Waals surface area contributed by atoms with E-state index in [9.17, 15) is 4.79 Å². The van der Waals surface area contributed by atoms with Gasteiger partial charge in [-0.2, -0.15) is 0 Å².